The van der Waals surface area contributed by atoms with Gasteiger partial charge >= 0.3 is 0 Å². The number of carbonyl (C=O) groups excluding carboxylic acids is 1. The molecule has 3 rings (SSSR count). The van der Waals surface area contributed by atoms with Crippen LogP contribution in [0.2, 0.25) is 0 Å². The molecule has 142 valence electrons. The number of thiophene rings is 1. The van der Waals surface area contributed by atoms with E-state index in [4.69, 9.17) is 0 Å². The summed E-state index contributed by atoms with van der Waals surface area (Å²) >= 11 is 1.63. The zero-order valence-electron chi connectivity index (χ0n) is 15.8. The standard InChI is InChI=1S/C20H24N4O2S/c1-20(2,12-25)23-17(26)9-10-24(3)18-15-11-16(14-7-5-4-6-8-14)27-19(15)22-13-21-18/h4-8,11,13,25H,9-10,12H2,1-3H3,(H,23,26). The summed E-state index contributed by atoms with van der Waals surface area (Å²) in [6.07, 6.45) is 1.88. The van der Waals surface area contributed by atoms with E-state index in [1.165, 1.54) is 0 Å². The highest BCUT2D eigenvalue weighted by Gasteiger charge is 2.20. The smallest absolute Gasteiger partial charge is 0.222 e. The highest BCUT2D eigenvalue weighted by atomic mass is 32.1. The first kappa shape index (κ1) is 19.3. The van der Waals surface area contributed by atoms with E-state index >= 15 is 0 Å². The Hall–Kier alpha value is -2.51. The summed E-state index contributed by atoms with van der Waals surface area (Å²) in [7, 11) is 1.92. The number of aliphatic hydroxyl groups is 1. The summed E-state index contributed by atoms with van der Waals surface area (Å²) < 4.78 is 0. The fourth-order valence-corrected chi connectivity index (χ4v) is 3.75. The van der Waals surface area contributed by atoms with Crippen LogP contribution in [0.25, 0.3) is 20.7 Å². The van der Waals surface area contributed by atoms with Gasteiger partial charge in [0.15, 0.2) is 0 Å². The molecule has 2 heterocycles. The molecule has 7 heteroatoms. The lowest BCUT2D eigenvalue weighted by Crippen LogP contribution is -2.46. The van der Waals surface area contributed by atoms with Gasteiger partial charge in [-0.15, -0.1) is 11.3 Å². The van der Waals surface area contributed by atoms with Crippen molar-refractivity contribution in [3.8, 4) is 10.4 Å². The van der Waals surface area contributed by atoms with Crippen LogP contribution < -0.4 is 10.2 Å². The third kappa shape index (κ3) is 4.61. The first-order chi connectivity index (χ1) is 12.9. The van der Waals surface area contributed by atoms with Crippen LogP contribution in [0, 0.1) is 0 Å². The van der Waals surface area contributed by atoms with E-state index in [9.17, 15) is 9.90 Å². The number of carbonyl (C=O) groups is 1. The third-order valence-corrected chi connectivity index (χ3v) is 5.37. The molecule has 0 aliphatic carbocycles. The second-order valence-corrected chi connectivity index (χ2v) is 8.19. The summed E-state index contributed by atoms with van der Waals surface area (Å²) in [6, 6.07) is 12.3. The molecule has 6 nitrogen and oxygen atoms in total. The molecular weight excluding hydrogens is 360 g/mol. The Morgan fingerprint density at radius 3 is 2.70 bits per heavy atom. The summed E-state index contributed by atoms with van der Waals surface area (Å²) in [5.41, 5.74) is 0.537. The summed E-state index contributed by atoms with van der Waals surface area (Å²) in [4.78, 5) is 25.0. The Morgan fingerprint density at radius 2 is 2.00 bits per heavy atom. The van der Waals surface area contributed by atoms with Gasteiger partial charge in [0.2, 0.25) is 5.91 Å². The van der Waals surface area contributed by atoms with Gasteiger partial charge in [-0.3, -0.25) is 4.79 Å². The van der Waals surface area contributed by atoms with Crippen molar-refractivity contribution in [1.82, 2.24) is 15.3 Å². The molecule has 2 aromatic heterocycles. The zero-order valence-corrected chi connectivity index (χ0v) is 16.6. The van der Waals surface area contributed by atoms with Crippen molar-refractivity contribution in [2.75, 3.05) is 25.1 Å². The largest absolute Gasteiger partial charge is 0.394 e. The second-order valence-electron chi connectivity index (χ2n) is 7.15. The number of benzene rings is 1. The van der Waals surface area contributed by atoms with E-state index in [1.807, 2.05) is 30.1 Å². The molecule has 1 amide bonds. The van der Waals surface area contributed by atoms with Crippen molar-refractivity contribution in [1.29, 1.82) is 0 Å². The summed E-state index contributed by atoms with van der Waals surface area (Å²) in [5.74, 6) is 0.717. The van der Waals surface area contributed by atoms with E-state index in [-0.39, 0.29) is 12.5 Å². The molecule has 2 N–H and O–H groups in total. The van der Waals surface area contributed by atoms with Crippen LogP contribution in [0.15, 0.2) is 42.7 Å². The molecule has 0 saturated heterocycles. The number of fused-ring (bicyclic) bond motifs is 1. The van der Waals surface area contributed by atoms with Gasteiger partial charge in [0.05, 0.1) is 17.5 Å². The Kier molecular flexibility index (Phi) is 5.72. The first-order valence-corrected chi connectivity index (χ1v) is 9.64. The van der Waals surface area contributed by atoms with E-state index in [0.29, 0.717) is 13.0 Å². The predicted molar refractivity (Wildman–Crippen MR) is 110 cm³/mol. The van der Waals surface area contributed by atoms with E-state index < -0.39 is 5.54 Å². The van der Waals surface area contributed by atoms with Crippen LogP contribution in [0.4, 0.5) is 5.82 Å². The number of aromatic nitrogens is 2. The molecule has 0 saturated carbocycles. The van der Waals surface area contributed by atoms with Gasteiger partial charge in [-0.1, -0.05) is 30.3 Å². The van der Waals surface area contributed by atoms with Crippen molar-refractivity contribution >= 4 is 33.3 Å². The lowest BCUT2D eigenvalue weighted by molar-refractivity contribution is -0.122. The Labute approximate surface area is 162 Å². The van der Waals surface area contributed by atoms with Crippen LogP contribution in [-0.4, -0.2) is 46.7 Å². The number of nitrogens with one attached hydrogen (secondary N) is 1. The van der Waals surface area contributed by atoms with Crippen LogP contribution in [-0.2, 0) is 4.79 Å². The van der Waals surface area contributed by atoms with Crippen molar-refractivity contribution < 1.29 is 9.90 Å². The number of anilines is 1. The lowest BCUT2D eigenvalue weighted by atomic mass is 10.1. The SMILES string of the molecule is CN(CCC(=O)NC(C)(C)CO)c1ncnc2sc(-c3ccccc3)cc12. The van der Waals surface area contributed by atoms with Gasteiger partial charge in [-0.05, 0) is 25.5 Å². The Balaban J connectivity index is 1.76. The Morgan fingerprint density at radius 1 is 1.26 bits per heavy atom. The van der Waals surface area contributed by atoms with Crippen molar-refractivity contribution in [2.45, 2.75) is 25.8 Å². The molecule has 0 bridgehead atoms. The Bertz CT molecular complexity index is 924. The molecule has 0 aliphatic heterocycles. The van der Waals surface area contributed by atoms with Crippen LogP contribution in [0.1, 0.15) is 20.3 Å². The fraction of sp³-hybridized carbons (Fsp3) is 0.350. The molecule has 3 aromatic rings. The number of hydrogen-bond donors (Lipinski definition) is 2. The molecule has 0 radical (unpaired) electrons. The maximum atomic E-state index is 12.1. The highest BCUT2D eigenvalue weighted by molar-refractivity contribution is 7.21. The van der Waals surface area contributed by atoms with Crippen LogP contribution >= 0.6 is 11.3 Å². The summed E-state index contributed by atoms with van der Waals surface area (Å²) in [6.45, 7) is 4.01. The molecule has 0 aliphatic rings. The minimum absolute atomic E-state index is 0.0958. The van der Waals surface area contributed by atoms with Crippen LogP contribution in [0.3, 0.4) is 0 Å². The van der Waals surface area contributed by atoms with Crippen LogP contribution in [0.5, 0.6) is 0 Å². The van der Waals surface area contributed by atoms with Gasteiger partial charge in [0, 0.05) is 24.9 Å². The van der Waals surface area contributed by atoms with Gasteiger partial charge in [-0.2, -0.15) is 0 Å². The fourth-order valence-electron chi connectivity index (χ4n) is 2.75. The quantitative estimate of drug-likeness (QED) is 0.655. The number of amides is 1. The van der Waals surface area contributed by atoms with Crippen molar-refractivity contribution in [3.05, 3.63) is 42.7 Å². The molecule has 0 fully saturated rings. The average Bonchev–Trinajstić information content (AvgIpc) is 3.11. The van der Waals surface area contributed by atoms with Crippen molar-refractivity contribution in [2.24, 2.45) is 0 Å². The predicted octanol–water partition coefficient (Wildman–Crippen LogP) is 3.07. The topological polar surface area (TPSA) is 78.4 Å². The number of nitrogens with zero attached hydrogens (tertiary/aromatic N) is 3. The van der Waals surface area contributed by atoms with E-state index in [2.05, 4.69) is 33.5 Å². The molecular formula is C20H24N4O2S. The lowest BCUT2D eigenvalue weighted by Gasteiger charge is -2.24. The normalized spacial score (nSPS) is 11.6. The van der Waals surface area contributed by atoms with Gasteiger partial charge in [-0.25, -0.2) is 9.97 Å². The molecule has 0 atom stereocenters. The maximum Gasteiger partial charge on any atom is 0.222 e. The van der Waals surface area contributed by atoms with E-state index in [0.717, 1.165) is 26.5 Å². The first-order valence-electron chi connectivity index (χ1n) is 8.82. The summed E-state index contributed by atoms with van der Waals surface area (Å²) in [5, 5.41) is 13.1. The van der Waals surface area contributed by atoms with Gasteiger partial charge in [0.1, 0.15) is 17.0 Å². The molecule has 27 heavy (non-hydrogen) atoms. The number of hydrogen-bond acceptors (Lipinski definition) is 6. The minimum atomic E-state index is -0.615. The molecule has 0 spiro atoms. The van der Waals surface area contributed by atoms with Gasteiger partial charge in [0.25, 0.3) is 0 Å². The third-order valence-electron chi connectivity index (χ3n) is 4.28. The number of rotatable bonds is 7. The maximum absolute atomic E-state index is 12.1. The average molecular weight is 385 g/mol. The zero-order chi connectivity index (χ0) is 19.4. The second kappa shape index (κ2) is 8.02. The van der Waals surface area contributed by atoms with E-state index in [1.54, 1.807) is 31.5 Å². The number of aliphatic hydroxyl groups excluding tert-OH is 1. The monoisotopic (exact) mass is 384 g/mol. The molecule has 0 unspecified atom stereocenters. The molecule has 1 aromatic carbocycles. The minimum Gasteiger partial charge on any atom is -0.394 e. The van der Waals surface area contributed by atoms with Crippen molar-refractivity contribution in [3.63, 3.8) is 0 Å². The van der Waals surface area contributed by atoms with Gasteiger partial charge < -0.3 is 15.3 Å². The highest BCUT2D eigenvalue weighted by Crippen LogP contribution is 2.35.